The quantitative estimate of drug-likeness (QED) is 0.765. The van der Waals surface area contributed by atoms with E-state index in [4.69, 9.17) is 11.6 Å². The van der Waals surface area contributed by atoms with Crippen LogP contribution in [0.4, 0.5) is 10.5 Å². The Morgan fingerprint density at radius 2 is 2.13 bits per heavy atom. The van der Waals surface area contributed by atoms with E-state index in [1.807, 2.05) is 32.0 Å². The van der Waals surface area contributed by atoms with Gasteiger partial charge in [0, 0.05) is 18.1 Å². The Hall–Kier alpha value is -1.22. The zero-order valence-corrected chi connectivity index (χ0v) is 9.69. The first-order valence-corrected chi connectivity index (χ1v) is 5.35. The van der Waals surface area contributed by atoms with E-state index in [-0.39, 0.29) is 6.03 Å². The van der Waals surface area contributed by atoms with Crippen LogP contribution in [0, 0.1) is 13.8 Å². The van der Waals surface area contributed by atoms with Crippen molar-refractivity contribution in [3.63, 3.8) is 0 Å². The van der Waals surface area contributed by atoms with E-state index >= 15 is 0 Å². The van der Waals surface area contributed by atoms with E-state index in [1.54, 1.807) is 0 Å². The first-order chi connectivity index (χ1) is 7.15. The molecule has 4 heteroatoms. The van der Waals surface area contributed by atoms with Crippen LogP contribution in [0.3, 0.4) is 0 Å². The first-order valence-electron chi connectivity index (χ1n) is 4.82. The van der Waals surface area contributed by atoms with Crippen molar-refractivity contribution >= 4 is 23.3 Å². The summed E-state index contributed by atoms with van der Waals surface area (Å²) in [4.78, 5) is 11.4. The fourth-order valence-electron chi connectivity index (χ4n) is 1.21. The molecule has 1 aromatic rings. The molecule has 0 fully saturated rings. The number of aryl methyl sites for hydroxylation is 1. The molecule has 2 N–H and O–H groups in total. The Balaban J connectivity index is 2.64. The molecule has 0 bridgehead atoms. The molecule has 0 atom stereocenters. The maximum absolute atomic E-state index is 11.4. The van der Waals surface area contributed by atoms with Crippen LogP contribution >= 0.6 is 11.6 Å². The van der Waals surface area contributed by atoms with Crippen LogP contribution in [0.25, 0.3) is 0 Å². The second kappa shape index (κ2) is 5.61. The lowest BCUT2D eigenvalue weighted by molar-refractivity contribution is 0.252. The number of benzene rings is 1. The van der Waals surface area contributed by atoms with Gasteiger partial charge in [-0.15, -0.1) is 11.6 Å². The Labute approximate surface area is 94.8 Å². The van der Waals surface area contributed by atoms with Crippen LogP contribution in [0.1, 0.15) is 11.1 Å². The summed E-state index contributed by atoms with van der Waals surface area (Å²) in [7, 11) is 0. The van der Waals surface area contributed by atoms with Gasteiger partial charge < -0.3 is 10.6 Å². The number of nitrogens with one attached hydrogen (secondary N) is 2. The van der Waals surface area contributed by atoms with Crippen LogP contribution in [-0.2, 0) is 0 Å². The number of amides is 2. The minimum absolute atomic E-state index is 0.218. The molecule has 0 heterocycles. The van der Waals surface area contributed by atoms with E-state index in [0.717, 1.165) is 16.8 Å². The molecule has 0 saturated carbocycles. The van der Waals surface area contributed by atoms with Crippen molar-refractivity contribution in [2.24, 2.45) is 0 Å². The van der Waals surface area contributed by atoms with Crippen molar-refractivity contribution in [2.45, 2.75) is 13.8 Å². The smallest absolute Gasteiger partial charge is 0.319 e. The second-order valence-electron chi connectivity index (χ2n) is 3.32. The maximum Gasteiger partial charge on any atom is 0.319 e. The van der Waals surface area contributed by atoms with Gasteiger partial charge in [0.25, 0.3) is 0 Å². The number of carbonyl (C=O) groups excluding carboxylic acids is 1. The third kappa shape index (κ3) is 3.44. The average molecular weight is 227 g/mol. The van der Waals surface area contributed by atoms with Crippen molar-refractivity contribution in [1.29, 1.82) is 0 Å². The topological polar surface area (TPSA) is 41.1 Å². The Morgan fingerprint density at radius 3 is 2.80 bits per heavy atom. The van der Waals surface area contributed by atoms with Crippen molar-refractivity contribution in [3.8, 4) is 0 Å². The molecule has 1 rings (SSSR count). The van der Waals surface area contributed by atoms with Gasteiger partial charge in [-0.05, 0) is 31.0 Å². The number of hydrogen-bond acceptors (Lipinski definition) is 1. The second-order valence-corrected chi connectivity index (χ2v) is 3.70. The Bertz CT molecular complexity index is 352. The normalized spacial score (nSPS) is 9.80. The van der Waals surface area contributed by atoms with Gasteiger partial charge in [0.2, 0.25) is 0 Å². The average Bonchev–Trinajstić information content (AvgIpc) is 2.22. The van der Waals surface area contributed by atoms with Gasteiger partial charge in [0.05, 0.1) is 0 Å². The lowest BCUT2D eigenvalue weighted by Crippen LogP contribution is -2.30. The van der Waals surface area contributed by atoms with Crippen molar-refractivity contribution in [3.05, 3.63) is 29.3 Å². The van der Waals surface area contributed by atoms with Crippen LogP contribution in [-0.4, -0.2) is 18.5 Å². The van der Waals surface area contributed by atoms with Crippen LogP contribution in [0.2, 0.25) is 0 Å². The molecule has 0 aliphatic carbocycles. The number of alkyl halides is 1. The maximum atomic E-state index is 11.4. The summed E-state index contributed by atoms with van der Waals surface area (Å²) < 4.78 is 0. The summed E-state index contributed by atoms with van der Waals surface area (Å²) in [5.74, 6) is 0.417. The molecular weight excluding hydrogens is 212 g/mol. The number of anilines is 1. The standard InChI is InChI=1S/C11H15ClN2O/c1-8-4-3-5-10(9(8)2)14-11(15)13-7-6-12/h3-5H,6-7H2,1-2H3,(H2,13,14,15). The summed E-state index contributed by atoms with van der Waals surface area (Å²) in [6, 6.07) is 5.59. The number of rotatable bonds is 3. The van der Waals surface area contributed by atoms with E-state index in [0.29, 0.717) is 12.4 Å². The van der Waals surface area contributed by atoms with Gasteiger partial charge in [0.1, 0.15) is 0 Å². The largest absolute Gasteiger partial charge is 0.337 e. The minimum atomic E-state index is -0.218. The molecule has 0 aromatic heterocycles. The molecular formula is C11H15ClN2O. The van der Waals surface area contributed by atoms with Crippen molar-refractivity contribution < 1.29 is 4.79 Å². The van der Waals surface area contributed by atoms with Gasteiger partial charge in [-0.1, -0.05) is 12.1 Å². The van der Waals surface area contributed by atoms with Gasteiger partial charge in [-0.3, -0.25) is 0 Å². The van der Waals surface area contributed by atoms with Gasteiger partial charge in [-0.2, -0.15) is 0 Å². The van der Waals surface area contributed by atoms with Gasteiger partial charge >= 0.3 is 6.03 Å². The molecule has 3 nitrogen and oxygen atoms in total. The summed E-state index contributed by atoms with van der Waals surface area (Å²) in [6.07, 6.45) is 0. The summed E-state index contributed by atoms with van der Waals surface area (Å²) >= 11 is 5.46. The molecule has 0 spiro atoms. The predicted molar refractivity (Wildman–Crippen MR) is 63.7 cm³/mol. The number of urea groups is 1. The van der Waals surface area contributed by atoms with Crippen molar-refractivity contribution in [2.75, 3.05) is 17.7 Å². The third-order valence-electron chi connectivity index (χ3n) is 2.23. The highest BCUT2D eigenvalue weighted by atomic mass is 35.5. The number of carbonyl (C=O) groups is 1. The Morgan fingerprint density at radius 1 is 1.40 bits per heavy atom. The lowest BCUT2D eigenvalue weighted by Gasteiger charge is -2.10. The van der Waals surface area contributed by atoms with Gasteiger partial charge in [-0.25, -0.2) is 4.79 Å². The molecule has 0 saturated heterocycles. The molecule has 0 aliphatic heterocycles. The van der Waals surface area contributed by atoms with E-state index < -0.39 is 0 Å². The highest BCUT2D eigenvalue weighted by molar-refractivity contribution is 6.18. The molecule has 2 amide bonds. The third-order valence-corrected chi connectivity index (χ3v) is 2.42. The minimum Gasteiger partial charge on any atom is -0.337 e. The number of hydrogen-bond donors (Lipinski definition) is 2. The highest BCUT2D eigenvalue weighted by Crippen LogP contribution is 2.17. The lowest BCUT2D eigenvalue weighted by atomic mass is 10.1. The van der Waals surface area contributed by atoms with E-state index in [1.165, 1.54) is 0 Å². The Kier molecular flexibility index (Phi) is 4.43. The predicted octanol–water partition coefficient (Wildman–Crippen LogP) is 2.66. The van der Waals surface area contributed by atoms with Crippen molar-refractivity contribution in [1.82, 2.24) is 5.32 Å². The fourth-order valence-corrected chi connectivity index (χ4v) is 1.31. The summed E-state index contributed by atoms with van der Waals surface area (Å²) in [5, 5.41) is 5.42. The molecule has 0 radical (unpaired) electrons. The van der Waals surface area contributed by atoms with Gasteiger partial charge in [0.15, 0.2) is 0 Å². The first kappa shape index (κ1) is 11.9. The summed E-state index contributed by atoms with van der Waals surface area (Å²) in [6.45, 7) is 4.46. The van der Waals surface area contributed by atoms with E-state index in [9.17, 15) is 4.79 Å². The summed E-state index contributed by atoms with van der Waals surface area (Å²) in [5.41, 5.74) is 3.07. The SMILES string of the molecule is Cc1cccc(NC(=O)NCCCl)c1C. The zero-order valence-electron chi connectivity index (χ0n) is 8.93. The van der Waals surface area contributed by atoms with Crippen LogP contribution in [0.5, 0.6) is 0 Å². The monoisotopic (exact) mass is 226 g/mol. The fraction of sp³-hybridized carbons (Fsp3) is 0.364. The highest BCUT2D eigenvalue weighted by Gasteiger charge is 2.04. The molecule has 82 valence electrons. The number of halogens is 1. The van der Waals surface area contributed by atoms with Crippen LogP contribution in [0.15, 0.2) is 18.2 Å². The molecule has 15 heavy (non-hydrogen) atoms. The molecule has 0 unspecified atom stereocenters. The molecule has 1 aromatic carbocycles. The van der Waals surface area contributed by atoms with E-state index in [2.05, 4.69) is 10.6 Å². The zero-order chi connectivity index (χ0) is 11.3. The molecule has 0 aliphatic rings. The van der Waals surface area contributed by atoms with Crippen LogP contribution < -0.4 is 10.6 Å².